The Morgan fingerprint density at radius 1 is 0.929 bits per heavy atom. The SMILES string of the molecule is O=C1Oc2ccccc2C[C@]1(C/C=C/c1ccccc1)Cc1ccc(F)cc1. The molecule has 0 bridgehead atoms. The average Bonchev–Trinajstić information content (AvgIpc) is 2.71. The van der Waals surface area contributed by atoms with Gasteiger partial charge in [-0.2, -0.15) is 0 Å². The molecule has 3 aromatic rings. The van der Waals surface area contributed by atoms with E-state index in [9.17, 15) is 9.18 Å². The topological polar surface area (TPSA) is 26.3 Å². The van der Waals surface area contributed by atoms with Crippen LogP contribution in [0.3, 0.4) is 0 Å². The second-order valence-electron chi connectivity index (χ2n) is 7.27. The lowest BCUT2D eigenvalue weighted by Gasteiger charge is -2.35. The fourth-order valence-corrected chi connectivity index (χ4v) is 3.73. The molecule has 0 unspecified atom stereocenters. The lowest BCUT2D eigenvalue weighted by molar-refractivity contribution is -0.147. The Morgan fingerprint density at radius 2 is 1.64 bits per heavy atom. The number of esters is 1. The quantitative estimate of drug-likeness (QED) is 0.429. The van der Waals surface area contributed by atoms with Crippen LogP contribution in [0.4, 0.5) is 4.39 Å². The van der Waals surface area contributed by atoms with Crippen LogP contribution in [0.15, 0.2) is 84.9 Å². The number of allylic oxidation sites excluding steroid dienone is 1. The molecular formula is C25H21FO2. The molecule has 2 nitrogen and oxygen atoms in total. The summed E-state index contributed by atoms with van der Waals surface area (Å²) in [5.74, 6) is 0.126. The van der Waals surface area contributed by atoms with Crippen LogP contribution in [-0.2, 0) is 17.6 Å². The van der Waals surface area contributed by atoms with E-state index in [1.165, 1.54) is 12.1 Å². The van der Waals surface area contributed by atoms with Crippen molar-refractivity contribution in [1.82, 2.24) is 0 Å². The molecule has 4 rings (SSSR count). The minimum absolute atomic E-state index is 0.228. The normalized spacial score (nSPS) is 18.7. The van der Waals surface area contributed by atoms with Crippen LogP contribution in [0.2, 0.25) is 0 Å². The molecule has 3 aromatic carbocycles. The molecule has 1 aliphatic rings. The number of fused-ring (bicyclic) bond motifs is 1. The van der Waals surface area contributed by atoms with Gasteiger partial charge < -0.3 is 4.74 Å². The summed E-state index contributed by atoms with van der Waals surface area (Å²) in [6.07, 6.45) is 5.71. The zero-order chi connectivity index (χ0) is 19.4. The molecule has 140 valence electrons. The summed E-state index contributed by atoms with van der Waals surface area (Å²) >= 11 is 0. The van der Waals surface area contributed by atoms with E-state index in [0.29, 0.717) is 25.0 Å². The van der Waals surface area contributed by atoms with Crippen LogP contribution in [0.5, 0.6) is 5.75 Å². The minimum Gasteiger partial charge on any atom is -0.426 e. The molecule has 0 spiro atoms. The number of hydrogen-bond donors (Lipinski definition) is 0. The third kappa shape index (κ3) is 3.89. The number of halogens is 1. The number of rotatable bonds is 5. The van der Waals surface area contributed by atoms with Gasteiger partial charge in [0.25, 0.3) is 0 Å². The third-order valence-corrected chi connectivity index (χ3v) is 5.21. The number of benzene rings is 3. The third-order valence-electron chi connectivity index (χ3n) is 5.21. The maximum Gasteiger partial charge on any atom is 0.318 e. The highest BCUT2D eigenvalue weighted by molar-refractivity contribution is 5.82. The van der Waals surface area contributed by atoms with Gasteiger partial charge in [-0.25, -0.2) is 4.39 Å². The summed E-state index contributed by atoms with van der Waals surface area (Å²) in [6.45, 7) is 0. The number of ether oxygens (including phenoxy) is 1. The first-order valence-electron chi connectivity index (χ1n) is 9.41. The monoisotopic (exact) mass is 372 g/mol. The van der Waals surface area contributed by atoms with Gasteiger partial charge in [0.1, 0.15) is 11.6 Å². The van der Waals surface area contributed by atoms with Crippen LogP contribution >= 0.6 is 0 Å². The standard InChI is InChI=1S/C25H21FO2/c26-22-14-12-20(13-15-22)17-25(16-6-9-19-7-2-1-3-8-19)18-21-10-4-5-11-23(21)28-24(25)27/h1-15H,16-18H2/b9-6+/t25-/m0/s1. The van der Waals surface area contributed by atoms with Gasteiger partial charge in [-0.1, -0.05) is 72.8 Å². The van der Waals surface area contributed by atoms with Crippen LogP contribution in [0.25, 0.3) is 6.08 Å². The first kappa shape index (κ1) is 18.2. The lowest BCUT2D eigenvalue weighted by atomic mass is 9.72. The maximum absolute atomic E-state index is 13.3. The second-order valence-corrected chi connectivity index (χ2v) is 7.27. The van der Waals surface area contributed by atoms with E-state index < -0.39 is 5.41 Å². The van der Waals surface area contributed by atoms with Crippen molar-refractivity contribution < 1.29 is 13.9 Å². The summed E-state index contributed by atoms with van der Waals surface area (Å²) in [5.41, 5.74) is 2.32. The highest BCUT2D eigenvalue weighted by atomic mass is 19.1. The Hall–Kier alpha value is -3.20. The summed E-state index contributed by atoms with van der Waals surface area (Å²) in [7, 11) is 0. The van der Waals surface area contributed by atoms with Gasteiger partial charge in [0.05, 0.1) is 5.41 Å². The molecule has 1 aliphatic heterocycles. The predicted octanol–water partition coefficient (Wildman–Crippen LogP) is 5.62. The maximum atomic E-state index is 13.3. The molecule has 0 aliphatic carbocycles. The highest BCUT2D eigenvalue weighted by Crippen LogP contribution is 2.41. The Labute approximate surface area is 164 Å². The number of hydrogen-bond acceptors (Lipinski definition) is 2. The van der Waals surface area contributed by atoms with Gasteiger partial charge in [-0.05, 0) is 54.2 Å². The zero-order valence-corrected chi connectivity index (χ0v) is 15.5. The summed E-state index contributed by atoms with van der Waals surface area (Å²) in [4.78, 5) is 13.1. The summed E-state index contributed by atoms with van der Waals surface area (Å²) in [6, 6.07) is 24.0. The Balaban J connectivity index is 1.65. The molecule has 0 saturated heterocycles. The van der Waals surface area contributed by atoms with E-state index in [0.717, 1.165) is 16.7 Å². The zero-order valence-electron chi connectivity index (χ0n) is 15.5. The molecule has 0 radical (unpaired) electrons. The minimum atomic E-state index is -0.711. The average molecular weight is 372 g/mol. The van der Waals surface area contributed by atoms with Crippen molar-refractivity contribution in [3.63, 3.8) is 0 Å². The smallest absolute Gasteiger partial charge is 0.318 e. The Kier molecular flexibility index (Phi) is 5.07. The Bertz CT molecular complexity index is 993. The fraction of sp³-hybridized carbons (Fsp3) is 0.160. The Morgan fingerprint density at radius 3 is 2.43 bits per heavy atom. The van der Waals surface area contributed by atoms with Crippen molar-refractivity contribution >= 4 is 12.0 Å². The largest absolute Gasteiger partial charge is 0.426 e. The van der Waals surface area contributed by atoms with Crippen molar-refractivity contribution in [2.45, 2.75) is 19.3 Å². The second kappa shape index (κ2) is 7.81. The van der Waals surface area contributed by atoms with E-state index in [1.54, 1.807) is 12.1 Å². The molecule has 1 atom stereocenters. The van der Waals surface area contributed by atoms with Crippen molar-refractivity contribution in [3.8, 4) is 5.75 Å². The van der Waals surface area contributed by atoms with Crippen molar-refractivity contribution in [3.05, 3.63) is 107 Å². The highest BCUT2D eigenvalue weighted by Gasteiger charge is 2.43. The van der Waals surface area contributed by atoms with Crippen LogP contribution in [0.1, 0.15) is 23.1 Å². The van der Waals surface area contributed by atoms with E-state index in [1.807, 2.05) is 66.7 Å². The molecule has 0 aromatic heterocycles. The van der Waals surface area contributed by atoms with E-state index in [4.69, 9.17) is 4.74 Å². The van der Waals surface area contributed by atoms with Gasteiger partial charge >= 0.3 is 5.97 Å². The molecule has 0 saturated carbocycles. The van der Waals surface area contributed by atoms with Gasteiger partial charge in [0.15, 0.2) is 0 Å². The first-order valence-corrected chi connectivity index (χ1v) is 9.41. The number of carbonyl (C=O) groups is 1. The van der Waals surface area contributed by atoms with Crippen LogP contribution in [-0.4, -0.2) is 5.97 Å². The van der Waals surface area contributed by atoms with Gasteiger partial charge in [-0.3, -0.25) is 4.79 Å². The molecule has 0 N–H and O–H groups in total. The molecule has 1 heterocycles. The van der Waals surface area contributed by atoms with Gasteiger partial charge in [-0.15, -0.1) is 0 Å². The molecule has 28 heavy (non-hydrogen) atoms. The molecular weight excluding hydrogens is 351 g/mol. The van der Waals surface area contributed by atoms with Crippen molar-refractivity contribution in [2.75, 3.05) is 0 Å². The van der Waals surface area contributed by atoms with E-state index >= 15 is 0 Å². The predicted molar refractivity (Wildman–Crippen MR) is 108 cm³/mol. The molecule has 0 fully saturated rings. The molecule has 0 amide bonds. The van der Waals surface area contributed by atoms with E-state index in [2.05, 4.69) is 0 Å². The fourth-order valence-electron chi connectivity index (χ4n) is 3.73. The van der Waals surface area contributed by atoms with Gasteiger partial charge in [0, 0.05) is 0 Å². The first-order chi connectivity index (χ1) is 13.6. The summed E-state index contributed by atoms with van der Waals surface area (Å²) < 4.78 is 19.0. The van der Waals surface area contributed by atoms with Crippen LogP contribution < -0.4 is 4.74 Å². The van der Waals surface area contributed by atoms with Crippen LogP contribution in [0, 0.1) is 11.2 Å². The van der Waals surface area contributed by atoms with Crippen molar-refractivity contribution in [2.24, 2.45) is 5.41 Å². The van der Waals surface area contributed by atoms with Crippen molar-refractivity contribution in [1.29, 1.82) is 0 Å². The number of carbonyl (C=O) groups excluding carboxylic acids is 1. The lowest BCUT2D eigenvalue weighted by Crippen LogP contribution is -2.42. The summed E-state index contributed by atoms with van der Waals surface area (Å²) in [5, 5.41) is 0. The number of para-hydroxylation sites is 1. The molecule has 3 heteroatoms. The van der Waals surface area contributed by atoms with E-state index in [-0.39, 0.29) is 11.8 Å². The van der Waals surface area contributed by atoms with Gasteiger partial charge in [0.2, 0.25) is 0 Å².